The molecule has 40 heavy (non-hydrogen) atoms. The summed E-state index contributed by atoms with van der Waals surface area (Å²) in [5.41, 5.74) is -1.08. The van der Waals surface area contributed by atoms with E-state index in [1.807, 2.05) is 0 Å². The standard InChI is InChI=1S/C27H32FN3O9/c1-27(2,3)40-23(33)7-6-22(32)38-15-39-26(37)30-10-8-29(9-11-30)21-13-20-17(12-19(21)28)24(34)18(25(35)36)14-31(20)16-4-5-16/h12-14,16H,4-11,15H2,1-3H3,(H,35,36). The first-order valence-corrected chi connectivity index (χ1v) is 13.0. The van der Waals surface area contributed by atoms with Gasteiger partial charge < -0.3 is 33.7 Å². The lowest BCUT2D eigenvalue weighted by Crippen LogP contribution is -2.49. The number of halogens is 1. The van der Waals surface area contributed by atoms with Crippen molar-refractivity contribution in [3.8, 4) is 0 Å². The number of hydrogen-bond donors (Lipinski definition) is 1. The second kappa shape index (κ2) is 11.5. The highest BCUT2D eigenvalue weighted by Crippen LogP contribution is 2.38. The summed E-state index contributed by atoms with van der Waals surface area (Å²) in [6.45, 7) is 5.49. The molecule has 4 rings (SSSR count). The summed E-state index contributed by atoms with van der Waals surface area (Å²) in [7, 11) is 0. The van der Waals surface area contributed by atoms with Crippen LogP contribution in [0.2, 0.25) is 0 Å². The van der Waals surface area contributed by atoms with E-state index in [0.29, 0.717) is 5.52 Å². The van der Waals surface area contributed by atoms with E-state index in [9.17, 15) is 29.1 Å². The summed E-state index contributed by atoms with van der Waals surface area (Å²) in [6, 6.07) is 2.69. The van der Waals surface area contributed by atoms with Gasteiger partial charge in [-0.2, -0.15) is 0 Å². The lowest BCUT2D eigenvalue weighted by molar-refractivity contribution is -0.160. The molecule has 2 aliphatic rings. The van der Waals surface area contributed by atoms with Gasteiger partial charge in [0.15, 0.2) is 0 Å². The lowest BCUT2D eigenvalue weighted by atomic mass is 10.1. The molecule has 0 radical (unpaired) electrons. The van der Waals surface area contributed by atoms with E-state index in [1.165, 1.54) is 11.1 Å². The van der Waals surface area contributed by atoms with Crippen molar-refractivity contribution in [2.75, 3.05) is 37.9 Å². The number of benzene rings is 1. The summed E-state index contributed by atoms with van der Waals surface area (Å²) < 4.78 is 31.8. The number of carboxylic acid groups (broad SMARTS) is 1. The third-order valence-electron chi connectivity index (χ3n) is 6.51. The molecule has 1 saturated carbocycles. The molecule has 12 nitrogen and oxygen atoms in total. The minimum Gasteiger partial charge on any atom is -0.477 e. The number of piperazine rings is 1. The van der Waals surface area contributed by atoms with Gasteiger partial charge in [0, 0.05) is 43.8 Å². The Morgan fingerprint density at radius 2 is 1.65 bits per heavy atom. The normalized spacial score (nSPS) is 15.6. The molecule has 0 bridgehead atoms. The van der Waals surface area contributed by atoms with E-state index < -0.39 is 53.2 Å². The van der Waals surface area contributed by atoms with Gasteiger partial charge in [0.2, 0.25) is 12.2 Å². The Morgan fingerprint density at radius 3 is 2.25 bits per heavy atom. The number of carbonyl (C=O) groups is 4. The van der Waals surface area contributed by atoms with Gasteiger partial charge in [0.1, 0.15) is 17.0 Å². The summed E-state index contributed by atoms with van der Waals surface area (Å²) in [5, 5.41) is 9.42. The number of ether oxygens (including phenoxy) is 3. The minimum atomic E-state index is -1.36. The van der Waals surface area contributed by atoms with E-state index in [2.05, 4.69) is 0 Å². The van der Waals surface area contributed by atoms with Crippen molar-refractivity contribution in [2.45, 2.75) is 58.1 Å². The Morgan fingerprint density at radius 1 is 1.00 bits per heavy atom. The number of anilines is 1. The van der Waals surface area contributed by atoms with Crippen LogP contribution in [0, 0.1) is 5.82 Å². The molecule has 1 amide bonds. The summed E-state index contributed by atoms with van der Waals surface area (Å²) in [5.74, 6) is -3.27. The zero-order valence-corrected chi connectivity index (χ0v) is 22.6. The third kappa shape index (κ3) is 6.88. The molecule has 0 unspecified atom stereocenters. The van der Waals surface area contributed by atoms with Gasteiger partial charge in [-0.15, -0.1) is 0 Å². The number of carboxylic acids is 1. The number of fused-ring (bicyclic) bond motifs is 1. The number of carbonyl (C=O) groups excluding carboxylic acids is 3. The van der Waals surface area contributed by atoms with Crippen LogP contribution in [0.15, 0.2) is 23.1 Å². The molecule has 1 N–H and O–H groups in total. The van der Waals surface area contributed by atoms with Crippen LogP contribution in [-0.4, -0.2) is 77.1 Å². The fourth-order valence-electron chi connectivity index (χ4n) is 4.44. The van der Waals surface area contributed by atoms with E-state index in [0.717, 1.165) is 18.9 Å². The molecular formula is C27H32FN3O9. The summed E-state index contributed by atoms with van der Waals surface area (Å²) >= 11 is 0. The Balaban J connectivity index is 1.32. The second-order valence-corrected chi connectivity index (χ2v) is 10.7. The molecule has 1 aromatic heterocycles. The molecular weight excluding hydrogens is 529 g/mol. The maximum atomic E-state index is 15.1. The average Bonchev–Trinajstić information content (AvgIpc) is 3.72. The molecule has 2 fully saturated rings. The minimum absolute atomic E-state index is 0.0101. The molecule has 2 heterocycles. The summed E-state index contributed by atoms with van der Waals surface area (Å²) in [4.78, 5) is 63.2. The maximum absolute atomic E-state index is 15.1. The van der Waals surface area contributed by atoms with Crippen LogP contribution in [0.4, 0.5) is 14.9 Å². The predicted octanol–water partition coefficient (Wildman–Crippen LogP) is 3.05. The van der Waals surface area contributed by atoms with E-state index >= 15 is 4.39 Å². The van der Waals surface area contributed by atoms with E-state index in [1.54, 1.807) is 36.3 Å². The van der Waals surface area contributed by atoms with E-state index in [4.69, 9.17) is 14.2 Å². The molecule has 0 atom stereocenters. The van der Waals surface area contributed by atoms with Gasteiger partial charge in [0.05, 0.1) is 24.0 Å². The second-order valence-electron chi connectivity index (χ2n) is 10.7. The molecule has 1 aliphatic heterocycles. The number of esters is 2. The van der Waals surface area contributed by atoms with Gasteiger partial charge in [0.25, 0.3) is 0 Å². The molecule has 2 aromatic rings. The first kappa shape index (κ1) is 28.8. The Hall–Kier alpha value is -4.16. The first-order valence-electron chi connectivity index (χ1n) is 13.0. The highest BCUT2D eigenvalue weighted by atomic mass is 19.1. The number of amides is 1. The number of nitrogens with zero attached hydrogens (tertiary/aromatic N) is 3. The molecule has 13 heteroatoms. The highest BCUT2D eigenvalue weighted by molar-refractivity contribution is 5.93. The lowest BCUT2D eigenvalue weighted by Gasteiger charge is -2.35. The van der Waals surface area contributed by atoms with Gasteiger partial charge in [-0.05, 0) is 45.7 Å². The highest BCUT2D eigenvalue weighted by Gasteiger charge is 2.29. The predicted molar refractivity (Wildman–Crippen MR) is 140 cm³/mol. The maximum Gasteiger partial charge on any atom is 0.412 e. The van der Waals surface area contributed by atoms with Crippen molar-refractivity contribution in [3.63, 3.8) is 0 Å². The SMILES string of the molecule is CC(C)(C)OC(=O)CCC(=O)OCOC(=O)N1CCN(c2cc3c(cc2F)c(=O)c(C(=O)O)cn3C2CC2)CC1. The third-order valence-corrected chi connectivity index (χ3v) is 6.51. The van der Waals surface area contributed by atoms with Crippen LogP contribution in [0.3, 0.4) is 0 Å². The average molecular weight is 562 g/mol. The van der Waals surface area contributed by atoms with E-state index in [-0.39, 0.29) is 56.1 Å². The van der Waals surface area contributed by atoms with Crippen LogP contribution in [0.1, 0.15) is 62.9 Å². The fourth-order valence-corrected chi connectivity index (χ4v) is 4.44. The number of rotatable bonds is 8. The van der Waals surface area contributed by atoms with Crippen molar-refractivity contribution in [1.29, 1.82) is 0 Å². The molecule has 1 saturated heterocycles. The number of pyridine rings is 1. The molecule has 1 aromatic carbocycles. The molecule has 1 aliphatic carbocycles. The van der Waals surface area contributed by atoms with Crippen molar-refractivity contribution in [2.24, 2.45) is 0 Å². The van der Waals surface area contributed by atoms with Gasteiger partial charge >= 0.3 is 24.0 Å². The van der Waals surface area contributed by atoms with Gasteiger partial charge in [-0.25, -0.2) is 14.0 Å². The Kier molecular flexibility index (Phi) is 8.31. The van der Waals surface area contributed by atoms with Crippen molar-refractivity contribution in [3.05, 3.63) is 39.9 Å². The van der Waals surface area contributed by atoms with Crippen LogP contribution in [-0.2, 0) is 23.8 Å². The first-order chi connectivity index (χ1) is 18.8. The largest absolute Gasteiger partial charge is 0.477 e. The van der Waals surface area contributed by atoms with Crippen molar-refractivity contribution in [1.82, 2.24) is 9.47 Å². The Bertz CT molecular complexity index is 1390. The Labute approximate surface area is 229 Å². The topological polar surface area (TPSA) is 145 Å². The quantitative estimate of drug-likeness (QED) is 0.377. The van der Waals surface area contributed by atoms with Crippen LogP contribution in [0.5, 0.6) is 0 Å². The zero-order valence-electron chi connectivity index (χ0n) is 22.6. The van der Waals surface area contributed by atoms with Gasteiger partial charge in [-0.1, -0.05) is 0 Å². The van der Waals surface area contributed by atoms with Crippen molar-refractivity contribution < 1.29 is 42.9 Å². The van der Waals surface area contributed by atoms with Gasteiger partial charge in [-0.3, -0.25) is 14.4 Å². The van der Waals surface area contributed by atoms with Crippen LogP contribution >= 0.6 is 0 Å². The molecule has 0 spiro atoms. The van der Waals surface area contributed by atoms with Crippen LogP contribution in [0.25, 0.3) is 10.9 Å². The fraction of sp³-hybridized carbons (Fsp3) is 0.519. The monoisotopic (exact) mass is 561 g/mol. The number of aromatic nitrogens is 1. The number of aromatic carboxylic acids is 1. The van der Waals surface area contributed by atoms with Crippen LogP contribution < -0.4 is 10.3 Å². The van der Waals surface area contributed by atoms with Crippen molar-refractivity contribution >= 4 is 40.6 Å². The molecule has 216 valence electrons. The smallest absolute Gasteiger partial charge is 0.412 e. The number of hydrogen-bond acceptors (Lipinski definition) is 9. The zero-order chi connectivity index (χ0) is 29.2. The summed E-state index contributed by atoms with van der Waals surface area (Å²) in [6.07, 6.45) is 1.92.